The molecule has 0 bridgehead atoms. The molecule has 3 nitrogen and oxygen atoms in total. The van der Waals surface area contributed by atoms with Crippen molar-refractivity contribution in [1.82, 2.24) is 4.98 Å². The van der Waals surface area contributed by atoms with Crippen LogP contribution in [0.4, 0.5) is 0 Å². The maximum absolute atomic E-state index is 10.0. The summed E-state index contributed by atoms with van der Waals surface area (Å²) in [5, 5.41) is 10.7. The fourth-order valence-corrected chi connectivity index (χ4v) is 2.17. The Hall–Kier alpha value is -2.29. The predicted octanol–water partition coefficient (Wildman–Crippen LogP) is 4.74. The summed E-state index contributed by atoms with van der Waals surface area (Å²) in [4.78, 5) is 14.5. The van der Waals surface area contributed by atoms with Crippen molar-refractivity contribution in [2.24, 2.45) is 0 Å². The van der Waals surface area contributed by atoms with E-state index in [1.165, 1.54) is 30.7 Å². The average molecular weight is 497 g/mol. The average Bonchev–Trinajstić information content (AvgIpc) is 2.54. The third-order valence-electron chi connectivity index (χ3n) is 3.05. The van der Waals surface area contributed by atoms with Crippen LogP contribution >= 0.6 is 0 Å². The number of carbonyl (C=O) groups is 1. The third kappa shape index (κ3) is 5.73. The van der Waals surface area contributed by atoms with E-state index in [0.29, 0.717) is 0 Å². The van der Waals surface area contributed by atoms with Crippen LogP contribution in [0.15, 0.2) is 72.6 Å². The summed E-state index contributed by atoms with van der Waals surface area (Å²) in [5.74, 6) is -0.0625. The van der Waals surface area contributed by atoms with Crippen molar-refractivity contribution in [2.75, 3.05) is 0 Å². The van der Waals surface area contributed by atoms with Gasteiger partial charge in [0.05, 0.1) is 5.76 Å². The Morgan fingerprint density at radius 2 is 1.79 bits per heavy atom. The summed E-state index contributed by atoms with van der Waals surface area (Å²) in [7, 11) is 0. The first-order valence-electron chi connectivity index (χ1n) is 7.26. The number of aromatic nitrogens is 1. The van der Waals surface area contributed by atoms with Crippen LogP contribution in [-0.2, 0) is 24.9 Å². The molecule has 0 fully saturated rings. The first kappa shape index (κ1) is 19.8. The summed E-state index contributed by atoms with van der Waals surface area (Å²) in [6.07, 6.45) is 3.01. The quantitative estimate of drug-likeness (QED) is 0.317. The van der Waals surface area contributed by atoms with E-state index in [2.05, 4.69) is 23.2 Å². The fourth-order valence-electron chi connectivity index (χ4n) is 2.17. The Bertz CT molecular complexity index is 820. The van der Waals surface area contributed by atoms with Crippen LogP contribution in [0, 0.1) is 6.07 Å². The van der Waals surface area contributed by atoms with E-state index in [1.54, 1.807) is 0 Å². The monoisotopic (exact) mass is 497 g/mol. The van der Waals surface area contributed by atoms with Crippen molar-refractivity contribution < 1.29 is 30.0 Å². The molecule has 125 valence electrons. The van der Waals surface area contributed by atoms with E-state index in [4.69, 9.17) is 5.11 Å². The van der Waals surface area contributed by atoms with Crippen molar-refractivity contribution in [3.8, 4) is 11.3 Å². The molecule has 0 aliphatic carbocycles. The Kier molecular flexibility index (Phi) is 8.03. The number of fused-ring (bicyclic) bond motifs is 1. The van der Waals surface area contributed by atoms with Gasteiger partial charge in [-0.15, -0.1) is 35.9 Å². The van der Waals surface area contributed by atoms with Gasteiger partial charge in [-0.05, 0) is 36.4 Å². The molecular weight excluding hydrogens is 478 g/mol. The summed E-state index contributed by atoms with van der Waals surface area (Å²) in [5.41, 5.74) is 2.04. The molecule has 2 aromatic carbocycles. The number of hydrogen-bond donors (Lipinski definition) is 1. The van der Waals surface area contributed by atoms with Gasteiger partial charge in [-0.25, -0.2) is 0 Å². The summed E-state index contributed by atoms with van der Waals surface area (Å²) < 4.78 is 0. The zero-order valence-corrected chi connectivity index (χ0v) is 15.9. The molecule has 0 spiro atoms. The molecule has 1 N–H and O–H groups in total. The Morgan fingerprint density at radius 3 is 2.38 bits per heavy atom. The zero-order valence-electron chi connectivity index (χ0n) is 13.5. The van der Waals surface area contributed by atoms with Crippen LogP contribution in [0.5, 0.6) is 0 Å². The second-order valence-electron chi connectivity index (χ2n) is 5.05. The molecule has 1 radical (unpaired) electrons. The number of hydrogen-bond acceptors (Lipinski definition) is 3. The van der Waals surface area contributed by atoms with E-state index >= 15 is 0 Å². The molecule has 3 rings (SSSR count). The second kappa shape index (κ2) is 9.76. The molecule has 1 heterocycles. The van der Waals surface area contributed by atoms with Gasteiger partial charge >= 0.3 is 0 Å². The van der Waals surface area contributed by atoms with Crippen LogP contribution in [0.2, 0.25) is 0 Å². The minimum atomic E-state index is -0.125. The normalized spacial score (nSPS) is 10.3. The minimum absolute atomic E-state index is 0. The molecular formula is C20H18IrNO2-. The summed E-state index contributed by atoms with van der Waals surface area (Å²) in [6.45, 7) is 2.85. The van der Waals surface area contributed by atoms with E-state index in [9.17, 15) is 4.79 Å². The van der Waals surface area contributed by atoms with Crippen molar-refractivity contribution >= 4 is 16.6 Å². The van der Waals surface area contributed by atoms with Crippen molar-refractivity contribution in [3.05, 3.63) is 78.7 Å². The SMILES string of the molecule is CC(=O)/C=C(/C)O.[Ir].[c-]1ccccc1-c1nccc2ccccc12. The molecule has 0 atom stereocenters. The number of ketones is 1. The molecule has 3 aromatic rings. The standard InChI is InChI=1S/C15H10N.C5H8O2.Ir/c1-2-7-13(8-3-1)15-14-9-5-4-6-12(14)10-11-16-15;1-4(6)3-5(2)7;/h1-7,9-11H;3,6H,1-2H3;/q-1;;/b;4-3-;. The minimum Gasteiger partial charge on any atom is -0.512 e. The molecule has 0 amide bonds. The first-order chi connectivity index (χ1) is 11.1. The predicted molar refractivity (Wildman–Crippen MR) is 93.1 cm³/mol. The van der Waals surface area contributed by atoms with Gasteiger partial charge in [0.25, 0.3) is 0 Å². The number of pyridine rings is 1. The Labute approximate surface area is 155 Å². The number of rotatable bonds is 2. The molecule has 24 heavy (non-hydrogen) atoms. The molecule has 0 saturated carbocycles. The number of nitrogens with zero attached hydrogens (tertiary/aromatic N) is 1. The number of aliphatic hydroxyl groups excluding tert-OH is 1. The van der Waals surface area contributed by atoms with E-state index in [0.717, 1.165) is 11.3 Å². The molecule has 0 saturated heterocycles. The fraction of sp³-hybridized carbons (Fsp3) is 0.100. The molecule has 1 aromatic heterocycles. The molecule has 0 aliphatic rings. The van der Waals surface area contributed by atoms with Crippen LogP contribution in [-0.4, -0.2) is 15.9 Å². The molecule has 4 heteroatoms. The second-order valence-corrected chi connectivity index (χ2v) is 5.05. The van der Waals surface area contributed by atoms with Gasteiger partial charge in [0, 0.05) is 32.4 Å². The molecule has 0 unspecified atom stereocenters. The van der Waals surface area contributed by atoms with Crippen LogP contribution < -0.4 is 0 Å². The number of aliphatic hydroxyl groups is 1. The maximum Gasteiger partial charge on any atom is 0.155 e. The van der Waals surface area contributed by atoms with Crippen molar-refractivity contribution in [1.29, 1.82) is 0 Å². The zero-order chi connectivity index (χ0) is 16.7. The van der Waals surface area contributed by atoms with Gasteiger partial charge in [0.1, 0.15) is 0 Å². The Morgan fingerprint density at radius 1 is 1.08 bits per heavy atom. The summed E-state index contributed by atoms with van der Waals surface area (Å²) >= 11 is 0. The topological polar surface area (TPSA) is 50.2 Å². The van der Waals surface area contributed by atoms with Gasteiger partial charge < -0.3 is 10.1 Å². The largest absolute Gasteiger partial charge is 0.512 e. The van der Waals surface area contributed by atoms with Crippen LogP contribution in [0.1, 0.15) is 13.8 Å². The molecule has 0 aliphatic heterocycles. The first-order valence-corrected chi connectivity index (χ1v) is 7.26. The number of allylic oxidation sites excluding steroid dienone is 2. The van der Waals surface area contributed by atoms with Crippen LogP contribution in [0.25, 0.3) is 22.0 Å². The van der Waals surface area contributed by atoms with Crippen molar-refractivity contribution in [3.63, 3.8) is 0 Å². The van der Waals surface area contributed by atoms with E-state index in [1.807, 2.05) is 48.7 Å². The summed E-state index contributed by atoms with van der Waals surface area (Å²) in [6, 6.07) is 21.4. The van der Waals surface area contributed by atoms with Gasteiger partial charge in [-0.2, -0.15) is 0 Å². The third-order valence-corrected chi connectivity index (χ3v) is 3.05. The van der Waals surface area contributed by atoms with Gasteiger partial charge in [-0.1, -0.05) is 24.3 Å². The van der Waals surface area contributed by atoms with Gasteiger partial charge in [-0.3, -0.25) is 4.79 Å². The Balaban J connectivity index is 0.000000312. The van der Waals surface area contributed by atoms with Crippen molar-refractivity contribution in [2.45, 2.75) is 13.8 Å². The number of benzene rings is 2. The van der Waals surface area contributed by atoms with E-state index in [-0.39, 0.29) is 31.6 Å². The van der Waals surface area contributed by atoms with Gasteiger partial charge in [0.15, 0.2) is 5.78 Å². The maximum atomic E-state index is 10.0. The number of carbonyl (C=O) groups excluding carboxylic acids is 1. The van der Waals surface area contributed by atoms with Gasteiger partial charge in [0.2, 0.25) is 0 Å². The van der Waals surface area contributed by atoms with Crippen LogP contribution in [0.3, 0.4) is 0 Å². The smallest absolute Gasteiger partial charge is 0.155 e. The van der Waals surface area contributed by atoms with E-state index < -0.39 is 0 Å².